The van der Waals surface area contributed by atoms with Crippen molar-refractivity contribution >= 4 is 27.6 Å². The number of methoxy groups -OCH3 is 1. The van der Waals surface area contributed by atoms with E-state index >= 15 is 0 Å². The molecule has 5 nitrogen and oxygen atoms in total. The first-order valence-electron chi connectivity index (χ1n) is 4.15. The summed E-state index contributed by atoms with van der Waals surface area (Å²) in [5.41, 5.74) is -0.338. The van der Waals surface area contributed by atoms with Gasteiger partial charge in [-0.25, -0.2) is 0 Å². The normalized spacial score (nSPS) is 9.94. The Morgan fingerprint density at radius 2 is 2.25 bits per heavy atom. The fraction of sp³-hybridized carbons (Fsp3) is 0.222. The van der Waals surface area contributed by atoms with Gasteiger partial charge in [0.1, 0.15) is 0 Å². The molecule has 0 atom stereocenters. The van der Waals surface area contributed by atoms with E-state index in [0.29, 0.717) is 10.0 Å². The molecule has 86 valence electrons. The van der Waals surface area contributed by atoms with Gasteiger partial charge in [-0.15, -0.1) is 0 Å². The fourth-order valence-corrected chi connectivity index (χ4v) is 1.55. The van der Waals surface area contributed by atoms with Crippen molar-refractivity contribution in [1.29, 1.82) is 0 Å². The molecule has 0 unspecified atom stereocenters. The lowest BCUT2D eigenvalue weighted by Crippen LogP contribution is -2.06. The van der Waals surface area contributed by atoms with Crippen molar-refractivity contribution in [2.24, 2.45) is 0 Å². The van der Waals surface area contributed by atoms with Crippen molar-refractivity contribution in [2.75, 3.05) is 7.11 Å². The summed E-state index contributed by atoms with van der Waals surface area (Å²) in [5.74, 6) is -1.53. The molecule has 0 aromatic heterocycles. The SMILES string of the molecule is COC(=O)Cc1cc(F)c([N+](=O)[O-])cc1Br. The largest absolute Gasteiger partial charge is 0.469 e. The van der Waals surface area contributed by atoms with Crippen LogP contribution in [0.3, 0.4) is 0 Å². The van der Waals surface area contributed by atoms with Crippen LogP contribution in [0.5, 0.6) is 0 Å². The number of esters is 1. The number of benzene rings is 1. The summed E-state index contributed by atoms with van der Waals surface area (Å²) in [6.45, 7) is 0. The Kier molecular flexibility index (Phi) is 3.94. The predicted octanol–water partition coefficient (Wildman–Crippen LogP) is 2.21. The first-order valence-corrected chi connectivity index (χ1v) is 4.94. The van der Waals surface area contributed by atoms with Crippen LogP contribution in [-0.2, 0) is 16.0 Å². The van der Waals surface area contributed by atoms with Crippen LogP contribution >= 0.6 is 15.9 Å². The highest BCUT2D eigenvalue weighted by atomic mass is 79.9. The number of carbonyl (C=O) groups is 1. The second kappa shape index (κ2) is 5.02. The molecule has 0 radical (unpaired) electrons. The summed E-state index contributed by atoms with van der Waals surface area (Å²) in [5, 5.41) is 10.4. The molecule has 1 aromatic rings. The molecule has 0 aliphatic heterocycles. The van der Waals surface area contributed by atoms with Gasteiger partial charge < -0.3 is 4.74 Å². The van der Waals surface area contributed by atoms with Crippen LogP contribution in [0.4, 0.5) is 10.1 Å². The molecule has 0 spiro atoms. The van der Waals surface area contributed by atoms with E-state index in [2.05, 4.69) is 20.7 Å². The third-order valence-electron chi connectivity index (χ3n) is 1.88. The van der Waals surface area contributed by atoms with Gasteiger partial charge in [0.2, 0.25) is 5.82 Å². The fourth-order valence-electron chi connectivity index (χ4n) is 1.08. The van der Waals surface area contributed by atoms with E-state index in [0.717, 1.165) is 12.1 Å². The average molecular weight is 292 g/mol. The lowest BCUT2D eigenvalue weighted by atomic mass is 10.1. The van der Waals surface area contributed by atoms with Crippen molar-refractivity contribution in [1.82, 2.24) is 0 Å². The van der Waals surface area contributed by atoms with E-state index in [-0.39, 0.29) is 6.42 Å². The number of carbonyl (C=O) groups excluding carboxylic acids is 1. The molecule has 0 aliphatic rings. The van der Waals surface area contributed by atoms with Gasteiger partial charge >= 0.3 is 11.7 Å². The molecule has 7 heteroatoms. The number of hydrogen-bond acceptors (Lipinski definition) is 4. The smallest absolute Gasteiger partial charge is 0.310 e. The quantitative estimate of drug-likeness (QED) is 0.486. The standard InChI is InChI=1S/C9H7BrFNO4/c1-16-9(13)3-5-2-7(11)8(12(14)15)4-6(5)10/h2,4H,3H2,1H3. The summed E-state index contributed by atoms with van der Waals surface area (Å²) >= 11 is 3.03. The lowest BCUT2D eigenvalue weighted by molar-refractivity contribution is -0.387. The molecule has 0 saturated carbocycles. The Balaban J connectivity index is 3.10. The van der Waals surface area contributed by atoms with E-state index in [9.17, 15) is 19.3 Å². The van der Waals surface area contributed by atoms with E-state index in [1.807, 2.05) is 0 Å². The van der Waals surface area contributed by atoms with Crippen molar-refractivity contribution in [3.05, 3.63) is 38.1 Å². The Bertz CT molecular complexity index is 449. The molecular formula is C9H7BrFNO4. The number of nitrogens with zero attached hydrogens (tertiary/aromatic N) is 1. The van der Waals surface area contributed by atoms with Gasteiger partial charge in [0.15, 0.2) is 0 Å². The maximum Gasteiger partial charge on any atom is 0.310 e. The number of rotatable bonds is 3. The second-order valence-electron chi connectivity index (χ2n) is 2.91. The van der Waals surface area contributed by atoms with Crippen LogP contribution in [0, 0.1) is 15.9 Å². The Labute approximate surface area is 98.5 Å². The predicted molar refractivity (Wildman–Crippen MR) is 56.5 cm³/mol. The number of hydrogen-bond donors (Lipinski definition) is 0. The van der Waals surface area contributed by atoms with Gasteiger partial charge in [-0.2, -0.15) is 4.39 Å². The van der Waals surface area contributed by atoms with Gasteiger partial charge in [0.25, 0.3) is 0 Å². The van der Waals surface area contributed by atoms with Crippen LogP contribution in [0.2, 0.25) is 0 Å². The van der Waals surface area contributed by atoms with E-state index < -0.39 is 22.4 Å². The van der Waals surface area contributed by atoms with Crippen LogP contribution in [-0.4, -0.2) is 18.0 Å². The van der Waals surface area contributed by atoms with E-state index in [1.165, 1.54) is 7.11 Å². The number of halogens is 2. The van der Waals surface area contributed by atoms with Gasteiger partial charge in [-0.05, 0) is 11.6 Å². The Morgan fingerprint density at radius 1 is 1.62 bits per heavy atom. The van der Waals surface area contributed by atoms with Crippen molar-refractivity contribution in [3.63, 3.8) is 0 Å². The van der Waals surface area contributed by atoms with Crippen molar-refractivity contribution < 1.29 is 18.8 Å². The molecule has 16 heavy (non-hydrogen) atoms. The van der Waals surface area contributed by atoms with Gasteiger partial charge in [0.05, 0.1) is 18.5 Å². The Morgan fingerprint density at radius 3 is 2.75 bits per heavy atom. The molecular weight excluding hydrogens is 285 g/mol. The topological polar surface area (TPSA) is 69.4 Å². The minimum absolute atomic E-state index is 0.147. The number of ether oxygens (including phenoxy) is 1. The molecule has 0 heterocycles. The maximum absolute atomic E-state index is 13.2. The summed E-state index contributed by atoms with van der Waals surface area (Å²) in [6.07, 6.45) is -0.147. The van der Waals surface area contributed by atoms with Crippen LogP contribution in [0.1, 0.15) is 5.56 Å². The van der Waals surface area contributed by atoms with E-state index in [4.69, 9.17) is 0 Å². The summed E-state index contributed by atoms with van der Waals surface area (Å²) in [6, 6.07) is 1.97. The van der Waals surface area contributed by atoms with Crippen molar-refractivity contribution in [3.8, 4) is 0 Å². The third kappa shape index (κ3) is 2.75. The molecule has 0 bridgehead atoms. The number of nitro groups is 1. The maximum atomic E-state index is 13.2. The lowest BCUT2D eigenvalue weighted by Gasteiger charge is -2.03. The number of nitro benzene ring substituents is 1. The van der Waals surface area contributed by atoms with Crippen LogP contribution < -0.4 is 0 Å². The second-order valence-corrected chi connectivity index (χ2v) is 3.76. The first-order chi connectivity index (χ1) is 7.45. The molecule has 0 saturated heterocycles. The molecule has 1 aromatic carbocycles. The molecule has 0 aliphatic carbocycles. The minimum Gasteiger partial charge on any atom is -0.469 e. The molecule has 0 amide bonds. The molecule has 1 rings (SSSR count). The van der Waals surface area contributed by atoms with E-state index in [1.54, 1.807) is 0 Å². The summed E-state index contributed by atoms with van der Waals surface area (Å²) in [4.78, 5) is 20.5. The average Bonchev–Trinajstić information content (AvgIpc) is 2.22. The van der Waals surface area contributed by atoms with Crippen molar-refractivity contribution in [2.45, 2.75) is 6.42 Å². The van der Waals surface area contributed by atoms with Crippen LogP contribution in [0.15, 0.2) is 16.6 Å². The minimum atomic E-state index is -0.980. The first kappa shape index (κ1) is 12.6. The van der Waals surface area contributed by atoms with Gasteiger partial charge in [-0.3, -0.25) is 14.9 Å². The zero-order chi connectivity index (χ0) is 12.3. The molecule has 0 fully saturated rings. The zero-order valence-electron chi connectivity index (χ0n) is 8.20. The highest BCUT2D eigenvalue weighted by molar-refractivity contribution is 9.10. The third-order valence-corrected chi connectivity index (χ3v) is 2.61. The zero-order valence-corrected chi connectivity index (χ0v) is 9.78. The highest BCUT2D eigenvalue weighted by Gasteiger charge is 2.18. The molecule has 0 N–H and O–H groups in total. The summed E-state index contributed by atoms with van der Waals surface area (Å²) in [7, 11) is 1.21. The Hall–Kier alpha value is -1.50. The van der Waals surface area contributed by atoms with Gasteiger partial charge in [-0.1, -0.05) is 15.9 Å². The van der Waals surface area contributed by atoms with Crippen LogP contribution in [0.25, 0.3) is 0 Å². The monoisotopic (exact) mass is 291 g/mol. The summed E-state index contributed by atoms with van der Waals surface area (Å²) < 4.78 is 17.9. The van der Waals surface area contributed by atoms with Gasteiger partial charge in [0, 0.05) is 10.5 Å². The highest BCUT2D eigenvalue weighted by Crippen LogP contribution is 2.26.